The third-order valence-electron chi connectivity index (χ3n) is 2.96. The molecule has 0 radical (unpaired) electrons. The molecule has 0 aliphatic heterocycles. The van der Waals surface area contributed by atoms with Crippen molar-refractivity contribution in [2.24, 2.45) is 12.8 Å². The summed E-state index contributed by atoms with van der Waals surface area (Å²) < 4.78 is 33.1. The smallest absolute Gasteiger partial charge is 0.246 e. The molecule has 0 aliphatic carbocycles. The first kappa shape index (κ1) is 16.1. The summed E-state index contributed by atoms with van der Waals surface area (Å²) >= 11 is 0. The van der Waals surface area contributed by atoms with Crippen molar-refractivity contribution >= 4 is 10.0 Å². The molecular weight excluding hydrogens is 268 g/mol. The minimum atomic E-state index is -3.59. The highest BCUT2D eigenvalue weighted by Gasteiger charge is 2.29. The van der Waals surface area contributed by atoms with Gasteiger partial charge in [0.05, 0.1) is 18.0 Å². The van der Waals surface area contributed by atoms with E-state index in [-0.39, 0.29) is 24.5 Å². The van der Waals surface area contributed by atoms with Crippen LogP contribution in [0.1, 0.15) is 11.4 Å². The van der Waals surface area contributed by atoms with Gasteiger partial charge in [0, 0.05) is 33.8 Å². The van der Waals surface area contributed by atoms with Gasteiger partial charge in [-0.2, -0.15) is 9.40 Å². The Morgan fingerprint density at radius 1 is 1.37 bits per heavy atom. The summed E-state index contributed by atoms with van der Waals surface area (Å²) in [4.78, 5) is 0.263. The molecule has 1 heterocycles. The number of aryl methyl sites for hydroxylation is 2. The van der Waals surface area contributed by atoms with Gasteiger partial charge in [-0.25, -0.2) is 8.42 Å². The fourth-order valence-electron chi connectivity index (χ4n) is 1.95. The van der Waals surface area contributed by atoms with Crippen molar-refractivity contribution in [2.75, 3.05) is 33.4 Å². The quantitative estimate of drug-likeness (QED) is 0.740. The summed E-state index contributed by atoms with van der Waals surface area (Å²) in [6, 6.07) is 0. The molecule has 0 aromatic carbocycles. The van der Waals surface area contributed by atoms with Gasteiger partial charge in [0.2, 0.25) is 10.0 Å². The average molecular weight is 290 g/mol. The summed E-state index contributed by atoms with van der Waals surface area (Å²) in [6.45, 7) is 4.57. The summed E-state index contributed by atoms with van der Waals surface area (Å²) in [7, 11) is -0.324. The fraction of sp³-hybridized carbons (Fsp3) is 0.727. The van der Waals surface area contributed by atoms with E-state index in [1.54, 1.807) is 25.6 Å². The van der Waals surface area contributed by atoms with Gasteiger partial charge in [-0.1, -0.05) is 0 Å². The van der Waals surface area contributed by atoms with Gasteiger partial charge in [0.1, 0.15) is 4.90 Å². The molecule has 0 spiro atoms. The van der Waals surface area contributed by atoms with E-state index in [2.05, 4.69) is 5.10 Å². The Kier molecular flexibility index (Phi) is 5.48. The number of hydrogen-bond donors (Lipinski definition) is 1. The first-order chi connectivity index (χ1) is 8.86. The minimum Gasteiger partial charge on any atom is -0.383 e. The maximum absolute atomic E-state index is 12.6. The molecule has 19 heavy (non-hydrogen) atoms. The van der Waals surface area contributed by atoms with E-state index in [1.165, 1.54) is 11.4 Å². The van der Waals surface area contributed by atoms with Crippen LogP contribution in [0.4, 0.5) is 0 Å². The third kappa shape index (κ3) is 3.33. The molecule has 1 aromatic heterocycles. The Balaban J connectivity index is 3.18. The molecule has 0 unspecified atom stereocenters. The molecule has 1 aromatic rings. The molecule has 0 saturated heterocycles. The summed E-state index contributed by atoms with van der Waals surface area (Å²) in [5, 5.41) is 4.15. The second-order valence-electron chi connectivity index (χ2n) is 4.31. The first-order valence-electron chi connectivity index (χ1n) is 6.05. The SMILES string of the molecule is COCCN(CCN)S(=O)(=O)c1c(C)nn(C)c1C. The van der Waals surface area contributed by atoms with Gasteiger partial charge in [-0.05, 0) is 13.8 Å². The molecule has 8 heteroatoms. The van der Waals surface area contributed by atoms with E-state index in [0.29, 0.717) is 18.0 Å². The number of methoxy groups -OCH3 is 1. The number of hydrogen-bond acceptors (Lipinski definition) is 5. The maximum atomic E-state index is 12.6. The maximum Gasteiger partial charge on any atom is 0.246 e. The summed E-state index contributed by atoms with van der Waals surface area (Å²) in [5.74, 6) is 0. The third-order valence-corrected chi connectivity index (χ3v) is 5.12. The van der Waals surface area contributed by atoms with Gasteiger partial charge in [-0.15, -0.1) is 0 Å². The number of ether oxygens (including phenoxy) is 1. The van der Waals surface area contributed by atoms with Crippen molar-refractivity contribution in [3.8, 4) is 0 Å². The lowest BCUT2D eigenvalue weighted by Gasteiger charge is -2.21. The minimum absolute atomic E-state index is 0.263. The lowest BCUT2D eigenvalue weighted by atomic mass is 10.4. The van der Waals surface area contributed by atoms with Gasteiger partial charge < -0.3 is 10.5 Å². The number of aromatic nitrogens is 2. The topological polar surface area (TPSA) is 90.4 Å². The zero-order chi connectivity index (χ0) is 14.6. The molecule has 2 N–H and O–H groups in total. The number of nitrogens with two attached hydrogens (primary N) is 1. The van der Waals surface area contributed by atoms with Crippen molar-refractivity contribution in [1.29, 1.82) is 0 Å². The molecule has 7 nitrogen and oxygen atoms in total. The summed E-state index contributed by atoms with van der Waals surface area (Å²) in [5.41, 5.74) is 6.61. The van der Waals surface area contributed by atoms with Crippen LogP contribution in [-0.2, 0) is 21.8 Å². The Morgan fingerprint density at radius 3 is 2.42 bits per heavy atom. The van der Waals surface area contributed by atoms with Crippen LogP contribution in [0.5, 0.6) is 0 Å². The first-order valence-corrected chi connectivity index (χ1v) is 7.49. The lowest BCUT2D eigenvalue weighted by Crippen LogP contribution is -2.38. The standard InChI is InChI=1S/C11H22N4O3S/c1-9-11(10(2)14(3)13-9)19(16,17)15(6-5-12)7-8-18-4/h5-8,12H2,1-4H3. The number of sulfonamides is 1. The van der Waals surface area contributed by atoms with Gasteiger partial charge >= 0.3 is 0 Å². The highest BCUT2D eigenvalue weighted by molar-refractivity contribution is 7.89. The molecule has 0 saturated carbocycles. The van der Waals surface area contributed by atoms with Crippen LogP contribution < -0.4 is 5.73 Å². The zero-order valence-corrected chi connectivity index (χ0v) is 12.7. The van der Waals surface area contributed by atoms with Gasteiger partial charge in [-0.3, -0.25) is 4.68 Å². The van der Waals surface area contributed by atoms with E-state index in [0.717, 1.165) is 0 Å². The molecule has 0 bridgehead atoms. The monoisotopic (exact) mass is 290 g/mol. The van der Waals surface area contributed by atoms with Crippen LogP contribution in [0.3, 0.4) is 0 Å². The van der Waals surface area contributed by atoms with Crippen LogP contribution in [0, 0.1) is 13.8 Å². The van der Waals surface area contributed by atoms with Crippen molar-refractivity contribution in [3.05, 3.63) is 11.4 Å². The predicted octanol–water partition coefficient (Wildman–Crippen LogP) is -0.367. The van der Waals surface area contributed by atoms with Crippen molar-refractivity contribution in [2.45, 2.75) is 18.7 Å². The summed E-state index contributed by atoms with van der Waals surface area (Å²) in [6.07, 6.45) is 0. The predicted molar refractivity (Wildman–Crippen MR) is 72.4 cm³/mol. The molecule has 0 atom stereocenters. The van der Waals surface area contributed by atoms with Crippen LogP contribution >= 0.6 is 0 Å². The molecule has 1 rings (SSSR count). The van der Waals surface area contributed by atoms with E-state index in [1.807, 2.05) is 0 Å². The molecular formula is C11H22N4O3S. The van der Waals surface area contributed by atoms with Crippen molar-refractivity contribution in [1.82, 2.24) is 14.1 Å². The zero-order valence-electron chi connectivity index (χ0n) is 11.9. The van der Waals surface area contributed by atoms with Gasteiger partial charge in [0.15, 0.2) is 0 Å². The number of nitrogens with zero attached hydrogens (tertiary/aromatic N) is 3. The lowest BCUT2D eigenvalue weighted by molar-refractivity contribution is 0.179. The second-order valence-corrected chi connectivity index (χ2v) is 6.18. The molecule has 0 fully saturated rings. The molecule has 110 valence electrons. The Morgan fingerprint density at radius 2 is 2.00 bits per heavy atom. The average Bonchev–Trinajstić information content (AvgIpc) is 2.58. The highest BCUT2D eigenvalue weighted by Crippen LogP contribution is 2.22. The normalized spacial score (nSPS) is 12.3. The molecule has 0 amide bonds. The van der Waals surface area contributed by atoms with Crippen LogP contribution in [0.2, 0.25) is 0 Å². The Labute approximate surface area is 114 Å². The molecule has 0 aliphatic rings. The van der Waals surface area contributed by atoms with E-state index in [9.17, 15) is 8.42 Å². The largest absolute Gasteiger partial charge is 0.383 e. The van der Waals surface area contributed by atoms with Crippen molar-refractivity contribution in [3.63, 3.8) is 0 Å². The van der Waals surface area contributed by atoms with E-state index < -0.39 is 10.0 Å². The van der Waals surface area contributed by atoms with Crippen LogP contribution in [0.25, 0.3) is 0 Å². The second kappa shape index (κ2) is 6.47. The Hall–Kier alpha value is -0.960. The Bertz CT molecular complexity index is 524. The fourth-order valence-corrected chi connectivity index (χ4v) is 3.78. The highest BCUT2D eigenvalue weighted by atomic mass is 32.2. The number of rotatable bonds is 7. The van der Waals surface area contributed by atoms with Crippen LogP contribution in [-0.4, -0.2) is 55.9 Å². The van der Waals surface area contributed by atoms with E-state index >= 15 is 0 Å². The van der Waals surface area contributed by atoms with E-state index in [4.69, 9.17) is 10.5 Å². The van der Waals surface area contributed by atoms with Gasteiger partial charge in [0.25, 0.3) is 0 Å². The van der Waals surface area contributed by atoms with Crippen LogP contribution in [0.15, 0.2) is 4.90 Å². The van der Waals surface area contributed by atoms with Crippen molar-refractivity contribution < 1.29 is 13.2 Å².